The predicted octanol–water partition coefficient (Wildman–Crippen LogP) is 3.33. The Hall–Kier alpha value is 0.220. The van der Waals surface area contributed by atoms with Gasteiger partial charge < -0.3 is 0 Å². The Kier molecular flexibility index (Phi) is 2.77. The van der Waals surface area contributed by atoms with Crippen molar-refractivity contribution in [3.8, 4) is 0 Å². The van der Waals surface area contributed by atoms with Gasteiger partial charge in [0.05, 0.1) is 0 Å². The fourth-order valence-corrected chi connectivity index (χ4v) is 1.54. The lowest BCUT2D eigenvalue weighted by Crippen LogP contribution is -1.76. The van der Waals surface area contributed by atoms with Crippen LogP contribution in [0.5, 0.6) is 0 Å². The largest absolute Gasteiger partial charge is 0.0773 e. The van der Waals surface area contributed by atoms with E-state index in [2.05, 4.69) is 28.9 Å². The van der Waals surface area contributed by atoms with Gasteiger partial charge in [0.25, 0.3) is 0 Å². The van der Waals surface area contributed by atoms with E-state index in [1.54, 1.807) is 0 Å². The molecule has 1 aliphatic carbocycles. The molecule has 9 heavy (non-hydrogen) atoms. The summed E-state index contributed by atoms with van der Waals surface area (Å²) in [4.78, 5) is 1.97. The maximum absolute atomic E-state index is 3.27. The van der Waals surface area contributed by atoms with Crippen LogP contribution in [0.3, 0.4) is 0 Å². The molecule has 1 heteroatoms. The maximum Gasteiger partial charge on any atom is -0.0229 e. The van der Waals surface area contributed by atoms with E-state index < -0.39 is 0 Å². The van der Waals surface area contributed by atoms with Crippen molar-refractivity contribution >= 4 is 15.9 Å². The first kappa shape index (κ1) is 7.33. The lowest BCUT2D eigenvalue weighted by atomic mass is 10.2. The minimum atomic E-state index is 1.02. The van der Waals surface area contributed by atoms with Crippen molar-refractivity contribution in [2.75, 3.05) is 0 Å². The maximum atomic E-state index is 3.27. The molecule has 1 saturated carbocycles. The molecule has 2 atom stereocenters. The fourth-order valence-electron chi connectivity index (χ4n) is 1.33. The molecule has 0 spiro atoms. The van der Waals surface area contributed by atoms with Crippen LogP contribution in [0.25, 0.3) is 0 Å². The summed E-state index contributed by atoms with van der Waals surface area (Å²) in [5, 5.41) is 0. The number of hydrogen-bond acceptors (Lipinski definition) is 0. The summed E-state index contributed by atoms with van der Waals surface area (Å²) in [5.74, 6) is 2.07. The molecular weight excluding hydrogens is 176 g/mol. The molecule has 0 amide bonds. The smallest absolute Gasteiger partial charge is 0.0229 e. The van der Waals surface area contributed by atoms with E-state index in [1.807, 2.05) is 4.99 Å². The van der Waals surface area contributed by atoms with E-state index in [9.17, 15) is 0 Å². The van der Waals surface area contributed by atoms with Crippen LogP contribution in [0.1, 0.15) is 26.2 Å². The van der Waals surface area contributed by atoms with Crippen LogP contribution >= 0.6 is 15.9 Å². The Morgan fingerprint density at radius 3 is 2.78 bits per heavy atom. The molecule has 1 rings (SSSR count). The Bertz CT molecular complexity index is 107. The number of hydrogen-bond donors (Lipinski definition) is 0. The van der Waals surface area contributed by atoms with Crippen molar-refractivity contribution in [3.63, 3.8) is 0 Å². The van der Waals surface area contributed by atoms with E-state index in [-0.39, 0.29) is 0 Å². The Labute approximate surface area is 65.5 Å². The van der Waals surface area contributed by atoms with Gasteiger partial charge in [0.2, 0.25) is 0 Å². The van der Waals surface area contributed by atoms with Gasteiger partial charge in [0, 0.05) is 0 Å². The fraction of sp³-hybridized carbons (Fsp3) is 0.750. The lowest BCUT2D eigenvalue weighted by Gasteiger charge is -1.87. The van der Waals surface area contributed by atoms with Crippen molar-refractivity contribution in [2.45, 2.75) is 26.2 Å². The summed E-state index contributed by atoms with van der Waals surface area (Å²) < 4.78 is 0. The minimum absolute atomic E-state index is 1.02. The average molecular weight is 189 g/mol. The molecule has 0 aromatic carbocycles. The van der Waals surface area contributed by atoms with Crippen LogP contribution in [-0.4, -0.2) is 0 Å². The molecular formula is C8H13Br. The minimum Gasteiger partial charge on any atom is -0.0773 e. The van der Waals surface area contributed by atoms with Crippen molar-refractivity contribution in [1.29, 1.82) is 0 Å². The van der Waals surface area contributed by atoms with Gasteiger partial charge >= 0.3 is 0 Å². The van der Waals surface area contributed by atoms with Gasteiger partial charge in [-0.2, -0.15) is 0 Å². The van der Waals surface area contributed by atoms with E-state index >= 15 is 0 Å². The van der Waals surface area contributed by atoms with Crippen molar-refractivity contribution in [2.24, 2.45) is 11.8 Å². The molecule has 0 N–H and O–H groups in total. The second-order valence-electron chi connectivity index (χ2n) is 2.76. The third kappa shape index (κ3) is 2.13. The van der Waals surface area contributed by atoms with E-state index in [0.717, 1.165) is 11.8 Å². The molecule has 52 valence electrons. The average Bonchev–Trinajstić information content (AvgIpc) is 2.62. The zero-order valence-electron chi connectivity index (χ0n) is 5.81. The highest BCUT2D eigenvalue weighted by Crippen LogP contribution is 2.43. The zero-order valence-corrected chi connectivity index (χ0v) is 7.39. The summed E-state index contributed by atoms with van der Waals surface area (Å²) >= 11 is 3.27. The second kappa shape index (κ2) is 3.40. The molecule has 0 bridgehead atoms. The Balaban J connectivity index is 2.05. The molecule has 1 aliphatic rings. The Morgan fingerprint density at radius 1 is 1.56 bits per heavy atom. The van der Waals surface area contributed by atoms with Crippen molar-refractivity contribution in [3.05, 3.63) is 11.1 Å². The second-order valence-corrected chi connectivity index (χ2v) is 3.29. The SMILES string of the molecule is CCC1CC1C/C=C/Br. The van der Waals surface area contributed by atoms with Gasteiger partial charge in [-0.1, -0.05) is 35.4 Å². The molecule has 0 aromatic heterocycles. The Morgan fingerprint density at radius 2 is 2.33 bits per heavy atom. The summed E-state index contributed by atoms with van der Waals surface area (Å²) in [6.07, 6.45) is 6.33. The molecule has 0 nitrogen and oxygen atoms in total. The van der Waals surface area contributed by atoms with Crippen LogP contribution in [0.15, 0.2) is 11.1 Å². The third-order valence-corrected chi connectivity index (χ3v) is 2.50. The van der Waals surface area contributed by atoms with Crippen LogP contribution in [0, 0.1) is 11.8 Å². The number of allylic oxidation sites excluding steroid dienone is 1. The highest BCUT2D eigenvalue weighted by Gasteiger charge is 2.33. The first-order valence-corrected chi connectivity index (χ1v) is 4.55. The van der Waals surface area contributed by atoms with Crippen LogP contribution < -0.4 is 0 Å². The van der Waals surface area contributed by atoms with Gasteiger partial charge in [-0.25, -0.2) is 0 Å². The lowest BCUT2D eigenvalue weighted by molar-refractivity contribution is 0.688. The first-order chi connectivity index (χ1) is 4.38. The van der Waals surface area contributed by atoms with E-state index in [0.29, 0.717) is 0 Å². The summed E-state index contributed by atoms with van der Waals surface area (Å²) in [7, 11) is 0. The summed E-state index contributed by atoms with van der Waals surface area (Å²) in [6.45, 7) is 2.28. The zero-order chi connectivity index (χ0) is 6.69. The van der Waals surface area contributed by atoms with Crippen molar-refractivity contribution < 1.29 is 0 Å². The normalized spacial score (nSPS) is 33.6. The van der Waals surface area contributed by atoms with Gasteiger partial charge in [-0.3, -0.25) is 0 Å². The molecule has 2 unspecified atom stereocenters. The standard InChI is InChI=1S/C8H13Br/c1-2-7-6-8(7)4-3-5-9/h3,5,7-8H,2,4,6H2,1H3/b5-3+. The van der Waals surface area contributed by atoms with E-state index in [4.69, 9.17) is 0 Å². The number of rotatable bonds is 3. The van der Waals surface area contributed by atoms with Crippen LogP contribution in [0.2, 0.25) is 0 Å². The van der Waals surface area contributed by atoms with Gasteiger partial charge in [0.15, 0.2) is 0 Å². The predicted molar refractivity (Wildman–Crippen MR) is 44.6 cm³/mol. The van der Waals surface area contributed by atoms with Crippen LogP contribution in [-0.2, 0) is 0 Å². The molecule has 0 aliphatic heterocycles. The van der Waals surface area contributed by atoms with E-state index in [1.165, 1.54) is 19.3 Å². The topological polar surface area (TPSA) is 0 Å². The van der Waals surface area contributed by atoms with Gasteiger partial charge in [0.1, 0.15) is 0 Å². The molecule has 0 aromatic rings. The third-order valence-electron chi connectivity index (χ3n) is 2.12. The van der Waals surface area contributed by atoms with Crippen molar-refractivity contribution in [1.82, 2.24) is 0 Å². The quantitative estimate of drug-likeness (QED) is 0.638. The number of halogens is 1. The van der Waals surface area contributed by atoms with Gasteiger partial charge in [-0.05, 0) is 29.7 Å². The molecule has 0 radical (unpaired) electrons. The van der Waals surface area contributed by atoms with Gasteiger partial charge in [-0.15, -0.1) is 0 Å². The highest BCUT2D eigenvalue weighted by atomic mass is 79.9. The molecule has 0 saturated heterocycles. The molecule has 1 fully saturated rings. The summed E-state index contributed by atoms with van der Waals surface area (Å²) in [6, 6.07) is 0. The van der Waals surface area contributed by atoms with Crippen LogP contribution in [0.4, 0.5) is 0 Å². The molecule has 0 heterocycles. The summed E-state index contributed by atoms with van der Waals surface area (Å²) in [5.41, 5.74) is 0. The monoisotopic (exact) mass is 188 g/mol. The highest BCUT2D eigenvalue weighted by molar-refractivity contribution is 9.11. The first-order valence-electron chi connectivity index (χ1n) is 3.63.